The van der Waals surface area contributed by atoms with Gasteiger partial charge in [0.15, 0.2) is 11.5 Å². The largest absolute Gasteiger partial charge is 0.493 e. The fourth-order valence-electron chi connectivity index (χ4n) is 1.52. The SMILES string of the molecule is CCC(CC)Oc1c(Cl)cc(C#N)cc1OC. The Morgan fingerprint density at radius 1 is 1.35 bits per heavy atom. The molecule has 1 rings (SSSR count). The summed E-state index contributed by atoms with van der Waals surface area (Å²) in [5.41, 5.74) is 0.462. The second-order valence-corrected chi connectivity index (χ2v) is 4.06. The lowest BCUT2D eigenvalue weighted by atomic mass is 10.2. The van der Waals surface area contributed by atoms with E-state index in [2.05, 4.69) is 13.8 Å². The number of ether oxygens (including phenoxy) is 2. The molecule has 0 fully saturated rings. The number of nitrogens with zero attached hydrogens (tertiary/aromatic N) is 1. The summed E-state index contributed by atoms with van der Waals surface area (Å²) in [7, 11) is 1.53. The van der Waals surface area contributed by atoms with Gasteiger partial charge in [-0.25, -0.2) is 0 Å². The maximum absolute atomic E-state index is 8.84. The van der Waals surface area contributed by atoms with Crippen molar-refractivity contribution in [3.8, 4) is 17.6 Å². The number of halogens is 1. The Hall–Kier alpha value is -1.40. The van der Waals surface area contributed by atoms with Gasteiger partial charge in [-0.05, 0) is 18.9 Å². The van der Waals surface area contributed by atoms with Crippen molar-refractivity contribution in [2.45, 2.75) is 32.8 Å². The van der Waals surface area contributed by atoms with Crippen LogP contribution >= 0.6 is 11.6 Å². The Labute approximate surface area is 107 Å². The van der Waals surface area contributed by atoms with Gasteiger partial charge in [0.1, 0.15) is 0 Å². The molecule has 0 atom stereocenters. The molecular weight excluding hydrogens is 238 g/mol. The van der Waals surface area contributed by atoms with Crippen LogP contribution in [0, 0.1) is 11.3 Å². The van der Waals surface area contributed by atoms with E-state index in [-0.39, 0.29) is 6.10 Å². The Kier molecular flexibility index (Phi) is 5.11. The van der Waals surface area contributed by atoms with Gasteiger partial charge in [-0.15, -0.1) is 0 Å². The summed E-state index contributed by atoms with van der Waals surface area (Å²) in [5.74, 6) is 1.02. The first-order valence-corrected chi connectivity index (χ1v) is 5.98. The molecule has 0 aliphatic carbocycles. The Bertz CT molecular complexity index is 422. The van der Waals surface area contributed by atoms with Crippen LogP contribution in [0.2, 0.25) is 5.02 Å². The number of benzene rings is 1. The number of rotatable bonds is 5. The molecule has 0 amide bonds. The van der Waals surface area contributed by atoms with E-state index < -0.39 is 0 Å². The fourth-order valence-corrected chi connectivity index (χ4v) is 1.78. The highest BCUT2D eigenvalue weighted by Gasteiger charge is 2.15. The zero-order valence-corrected chi connectivity index (χ0v) is 11.0. The van der Waals surface area contributed by atoms with E-state index >= 15 is 0 Å². The molecule has 0 N–H and O–H groups in total. The van der Waals surface area contributed by atoms with E-state index in [1.165, 1.54) is 7.11 Å². The van der Waals surface area contributed by atoms with Gasteiger partial charge < -0.3 is 9.47 Å². The van der Waals surface area contributed by atoms with Crippen LogP contribution in [0.4, 0.5) is 0 Å². The number of methoxy groups -OCH3 is 1. The lowest BCUT2D eigenvalue weighted by molar-refractivity contribution is 0.185. The van der Waals surface area contributed by atoms with E-state index in [4.69, 9.17) is 26.3 Å². The molecule has 3 nitrogen and oxygen atoms in total. The average Bonchev–Trinajstić information content (AvgIpc) is 2.36. The monoisotopic (exact) mass is 253 g/mol. The molecular formula is C13H16ClNO2. The Morgan fingerprint density at radius 2 is 2.00 bits per heavy atom. The summed E-state index contributed by atoms with van der Waals surface area (Å²) in [6.07, 6.45) is 1.90. The van der Waals surface area contributed by atoms with Gasteiger partial charge in [0.2, 0.25) is 0 Å². The Balaban J connectivity index is 3.10. The van der Waals surface area contributed by atoms with Crippen LogP contribution in [-0.2, 0) is 0 Å². The summed E-state index contributed by atoms with van der Waals surface area (Å²) in [4.78, 5) is 0. The molecule has 4 heteroatoms. The molecule has 0 saturated carbocycles. The highest BCUT2D eigenvalue weighted by atomic mass is 35.5. The van der Waals surface area contributed by atoms with Crippen molar-refractivity contribution in [2.75, 3.05) is 7.11 Å². The molecule has 0 saturated heterocycles. The van der Waals surface area contributed by atoms with Gasteiger partial charge in [0.25, 0.3) is 0 Å². The Morgan fingerprint density at radius 3 is 2.47 bits per heavy atom. The zero-order chi connectivity index (χ0) is 12.8. The van der Waals surface area contributed by atoms with Crippen molar-refractivity contribution in [2.24, 2.45) is 0 Å². The van der Waals surface area contributed by atoms with Crippen molar-refractivity contribution < 1.29 is 9.47 Å². The molecule has 0 aliphatic heterocycles. The van der Waals surface area contributed by atoms with Crippen molar-refractivity contribution in [3.05, 3.63) is 22.7 Å². The van der Waals surface area contributed by atoms with Gasteiger partial charge in [-0.1, -0.05) is 25.4 Å². The van der Waals surface area contributed by atoms with Crippen LogP contribution < -0.4 is 9.47 Å². The van der Waals surface area contributed by atoms with Crippen molar-refractivity contribution in [1.29, 1.82) is 5.26 Å². The van der Waals surface area contributed by atoms with Crippen LogP contribution in [0.5, 0.6) is 11.5 Å². The van der Waals surface area contributed by atoms with Gasteiger partial charge in [-0.3, -0.25) is 0 Å². The van der Waals surface area contributed by atoms with Crippen molar-refractivity contribution in [1.82, 2.24) is 0 Å². The molecule has 0 heterocycles. The average molecular weight is 254 g/mol. The first kappa shape index (κ1) is 13.7. The molecule has 0 radical (unpaired) electrons. The number of nitriles is 1. The smallest absolute Gasteiger partial charge is 0.180 e. The third-order valence-corrected chi connectivity index (χ3v) is 2.83. The lowest BCUT2D eigenvalue weighted by Gasteiger charge is -2.19. The van der Waals surface area contributed by atoms with E-state index in [1.807, 2.05) is 6.07 Å². The van der Waals surface area contributed by atoms with Crippen LogP contribution in [0.1, 0.15) is 32.3 Å². The predicted molar refractivity (Wildman–Crippen MR) is 67.7 cm³/mol. The molecule has 1 aromatic carbocycles. The maximum Gasteiger partial charge on any atom is 0.180 e. The molecule has 1 aromatic rings. The van der Waals surface area contributed by atoms with Crippen LogP contribution in [0.3, 0.4) is 0 Å². The standard InChI is InChI=1S/C13H16ClNO2/c1-4-10(5-2)17-13-11(14)6-9(8-15)7-12(13)16-3/h6-7,10H,4-5H2,1-3H3. The highest BCUT2D eigenvalue weighted by Crippen LogP contribution is 2.37. The quantitative estimate of drug-likeness (QED) is 0.802. The van der Waals surface area contributed by atoms with Gasteiger partial charge in [-0.2, -0.15) is 5.26 Å². The first-order valence-electron chi connectivity index (χ1n) is 5.60. The van der Waals surface area contributed by atoms with Crippen LogP contribution in [0.25, 0.3) is 0 Å². The van der Waals surface area contributed by atoms with Gasteiger partial charge >= 0.3 is 0 Å². The summed E-state index contributed by atoms with van der Waals surface area (Å²) < 4.78 is 11.0. The van der Waals surface area contributed by atoms with Crippen molar-refractivity contribution in [3.63, 3.8) is 0 Å². The minimum atomic E-state index is 0.106. The molecule has 0 aliphatic rings. The normalized spacial score (nSPS) is 10.1. The van der Waals surface area contributed by atoms with E-state index in [1.54, 1.807) is 12.1 Å². The molecule has 0 unspecified atom stereocenters. The van der Waals surface area contributed by atoms with Crippen molar-refractivity contribution >= 4 is 11.6 Å². The third kappa shape index (κ3) is 3.28. The highest BCUT2D eigenvalue weighted by molar-refractivity contribution is 6.32. The lowest BCUT2D eigenvalue weighted by Crippen LogP contribution is -2.14. The first-order chi connectivity index (χ1) is 8.15. The summed E-state index contributed by atoms with van der Waals surface area (Å²) in [6, 6.07) is 5.24. The van der Waals surface area contributed by atoms with E-state index in [9.17, 15) is 0 Å². The summed E-state index contributed by atoms with van der Waals surface area (Å²) in [5, 5.41) is 9.25. The van der Waals surface area contributed by atoms with E-state index in [0.29, 0.717) is 22.1 Å². The molecule has 0 spiro atoms. The molecule has 0 bridgehead atoms. The summed E-state index contributed by atoms with van der Waals surface area (Å²) in [6.45, 7) is 4.11. The minimum Gasteiger partial charge on any atom is -0.493 e. The topological polar surface area (TPSA) is 42.2 Å². The zero-order valence-electron chi connectivity index (χ0n) is 10.3. The second-order valence-electron chi connectivity index (χ2n) is 3.66. The molecule has 0 aromatic heterocycles. The minimum absolute atomic E-state index is 0.106. The number of hydrogen-bond acceptors (Lipinski definition) is 3. The predicted octanol–water partition coefficient (Wildman–Crippen LogP) is 3.79. The van der Waals surface area contributed by atoms with Crippen LogP contribution in [0.15, 0.2) is 12.1 Å². The fraction of sp³-hybridized carbons (Fsp3) is 0.462. The second kappa shape index (κ2) is 6.36. The van der Waals surface area contributed by atoms with Crippen LogP contribution in [-0.4, -0.2) is 13.2 Å². The third-order valence-electron chi connectivity index (χ3n) is 2.55. The van der Waals surface area contributed by atoms with Gasteiger partial charge in [0.05, 0.1) is 29.9 Å². The molecule has 92 valence electrons. The summed E-state index contributed by atoms with van der Waals surface area (Å²) >= 11 is 6.09. The number of hydrogen-bond donors (Lipinski definition) is 0. The van der Waals surface area contributed by atoms with Gasteiger partial charge in [0, 0.05) is 6.07 Å². The van der Waals surface area contributed by atoms with E-state index in [0.717, 1.165) is 12.8 Å². The maximum atomic E-state index is 8.84. The molecule has 17 heavy (non-hydrogen) atoms.